The van der Waals surface area contributed by atoms with Crippen molar-refractivity contribution in [3.05, 3.63) is 22.7 Å². The minimum atomic E-state index is -0.248. The van der Waals surface area contributed by atoms with Gasteiger partial charge in [-0.15, -0.1) is 11.6 Å². The first kappa shape index (κ1) is 14.0. The summed E-state index contributed by atoms with van der Waals surface area (Å²) in [5, 5.41) is 3.01. The second-order valence-electron chi connectivity index (χ2n) is 5.01. The second-order valence-corrected chi connectivity index (χ2v) is 5.63. The fourth-order valence-electron chi connectivity index (χ4n) is 1.41. The predicted octanol–water partition coefficient (Wildman–Crippen LogP) is 2.43. The maximum absolute atomic E-state index is 12.1. The summed E-state index contributed by atoms with van der Waals surface area (Å²) in [7, 11) is 0. The maximum Gasteiger partial charge on any atom is 0.293 e. The van der Waals surface area contributed by atoms with Gasteiger partial charge in [0.25, 0.3) is 5.56 Å². The first-order valence-electron chi connectivity index (χ1n) is 5.82. The van der Waals surface area contributed by atoms with Crippen LogP contribution >= 0.6 is 11.6 Å². The van der Waals surface area contributed by atoms with E-state index in [1.54, 1.807) is 17.0 Å². The molecule has 96 valence electrons. The highest BCUT2D eigenvalue weighted by atomic mass is 35.5. The Morgan fingerprint density at radius 1 is 1.53 bits per heavy atom. The van der Waals surface area contributed by atoms with Gasteiger partial charge in [-0.1, -0.05) is 6.92 Å². The molecule has 17 heavy (non-hydrogen) atoms. The topological polar surface area (TPSA) is 46.9 Å². The molecule has 0 aromatic carbocycles. The van der Waals surface area contributed by atoms with Gasteiger partial charge in [-0.2, -0.15) is 0 Å². The molecule has 1 aromatic rings. The summed E-state index contributed by atoms with van der Waals surface area (Å²) < 4.78 is 1.66. The van der Waals surface area contributed by atoms with Crippen LogP contribution in [0.1, 0.15) is 34.1 Å². The molecule has 0 fully saturated rings. The Labute approximate surface area is 107 Å². The van der Waals surface area contributed by atoms with Crippen LogP contribution in [0.25, 0.3) is 0 Å². The van der Waals surface area contributed by atoms with Crippen LogP contribution in [0, 0.1) is 0 Å². The van der Waals surface area contributed by atoms with Crippen molar-refractivity contribution in [2.75, 3.05) is 11.9 Å². The fraction of sp³-hybridized carbons (Fsp3) is 0.667. The van der Waals surface area contributed by atoms with Gasteiger partial charge in [0.2, 0.25) is 0 Å². The monoisotopic (exact) mass is 257 g/mol. The lowest BCUT2D eigenvalue weighted by Crippen LogP contribution is -2.35. The highest BCUT2D eigenvalue weighted by molar-refractivity contribution is 6.20. The van der Waals surface area contributed by atoms with Crippen molar-refractivity contribution in [3.8, 4) is 0 Å². The highest BCUT2D eigenvalue weighted by Crippen LogP contribution is 2.11. The average molecular weight is 258 g/mol. The molecule has 0 radical (unpaired) electrons. The van der Waals surface area contributed by atoms with Gasteiger partial charge in [0.1, 0.15) is 0 Å². The highest BCUT2D eigenvalue weighted by Gasteiger charge is 2.16. The summed E-state index contributed by atoms with van der Waals surface area (Å²) in [5.74, 6) is 0.363. The largest absolute Gasteiger partial charge is 0.364 e. The van der Waals surface area contributed by atoms with E-state index >= 15 is 0 Å². The van der Waals surface area contributed by atoms with E-state index in [4.69, 9.17) is 11.6 Å². The zero-order valence-electron chi connectivity index (χ0n) is 10.8. The van der Waals surface area contributed by atoms with Crippen LogP contribution in [0.3, 0.4) is 0 Å². The van der Waals surface area contributed by atoms with E-state index in [0.717, 1.165) is 6.42 Å². The second kappa shape index (κ2) is 5.54. The summed E-state index contributed by atoms with van der Waals surface area (Å²) in [5.41, 5.74) is -0.360. The van der Waals surface area contributed by atoms with Crippen LogP contribution in [0.4, 0.5) is 5.82 Å². The summed E-state index contributed by atoms with van der Waals surface area (Å²) >= 11 is 6.00. The molecule has 0 amide bonds. The molecule has 0 bridgehead atoms. The van der Waals surface area contributed by atoms with E-state index < -0.39 is 0 Å². The molecule has 1 heterocycles. The van der Waals surface area contributed by atoms with Gasteiger partial charge in [-0.05, 0) is 27.2 Å². The van der Waals surface area contributed by atoms with E-state index in [1.165, 1.54) is 0 Å². The zero-order valence-corrected chi connectivity index (χ0v) is 11.6. The molecule has 0 saturated heterocycles. The molecule has 0 aliphatic carbocycles. The standard InChI is InChI=1S/C12H20ClN3O/c1-5-9(13)8-15-10-11(17)16(7-6-14-10)12(2,3)4/h6-7,9H,5,8H2,1-4H3,(H,14,15). The van der Waals surface area contributed by atoms with E-state index in [9.17, 15) is 4.79 Å². The first-order chi connectivity index (χ1) is 7.86. The molecule has 1 atom stereocenters. The van der Waals surface area contributed by atoms with E-state index in [1.807, 2.05) is 27.7 Å². The van der Waals surface area contributed by atoms with Gasteiger partial charge in [-0.25, -0.2) is 4.98 Å². The zero-order chi connectivity index (χ0) is 13.1. The van der Waals surface area contributed by atoms with Crippen molar-refractivity contribution in [1.82, 2.24) is 9.55 Å². The van der Waals surface area contributed by atoms with Crippen LogP contribution in [-0.2, 0) is 5.54 Å². The molecule has 1 aromatic heterocycles. The van der Waals surface area contributed by atoms with Crippen molar-refractivity contribution >= 4 is 17.4 Å². The lowest BCUT2D eigenvalue weighted by molar-refractivity contribution is 0.383. The number of nitrogens with zero attached hydrogens (tertiary/aromatic N) is 2. The number of alkyl halides is 1. The summed E-state index contributed by atoms with van der Waals surface area (Å²) in [6.45, 7) is 8.50. The minimum Gasteiger partial charge on any atom is -0.364 e. The van der Waals surface area contributed by atoms with Gasteiger partial charge in [0.05, 0.1) is 5.38 Å². The Balaban J connectivity index is 2.92. The van der Waals surface area contributed by atoms with Crippen molar-refractivity contribution in [3.63, 3.8) is 0 Å². The number of rotatable bonds is 4. The Morgan fingerprint density at radius 2 is 2.18 bits per heavy atom. The third kappa shape index (κ3) is 3.73. The maximum atomic E-state index is 12.1. The average Bonchev–Trinajstić information content (AvgIpc) is 2.25. The third-order valence-corrected chi connectivity index (χ3v) is 2.96. The van der Waals surface area contributed by atoms with E-state index in [0.29, 0.717) is 12.4 Å². The third-order valence-electron chi connectivity index (χ3n) is 2.50. The van der Waals surface area contributed by atoms with Crippen molar-refractivity contribution < 1.29 is 0 Å². The number of hydrogen-bond acceptors (Lipinski definition) is 3. The molecule has 0 saturated carbocycles. The van der Waals surface area contributed by atoms with Crippen molar-refractivity contribution in [2.24, 2.45) is 0 Å². The normalized spacial score (nSPS) is 13.5. The smallest absolute Gasteiger partial charge is 0.293 e. The van der Waals surface area contributed by atoms with Gasteiger partial charge >= 0.3 is 0 Å². The number of anilines is 1. The van der Waals surface area contributed by atoms with Crippen molar-refractivity contribution in [1.29, 1.82) is 0 Å². The van der Waals surface area contributed by atoms with Crippen molar-refractivity contribution in [2.45, 2.75) is 45.0 Å². The minimum absolute atomic E-state index is 0.0134. The molecule has 5 heteroatoms. The molecular weight excluding hydrogens is 238 g/mol. The first-order valence-corrected chi connectivity index (χ1v) is 6.26. The Morgan fingerprint density at radius 3 is 2.71 bits per heavy atom. The molecule has 0 spiro atoms. The SMILES string of the molecule is CCC(Cl)CNc1nccn(C(C)(C)C)c1=O. The quantitative estimate of drug-likeness (QED) is 0.843. The summed E-state index contributed by atoms with van der Waals surface area (Å²) in [4.78, 5) is 16.2. The van der Waals surface area contributed by atoms with Crippen LogP contribution in [0.2, 0.25) is 0 Å². The van der Waals surface area contributed by atoms with Crippen LogP contribution in [-0.4, -0.2) is 21.5 Å². The molecule has 1 unspecified atom stereocenters. The van der Waals surface area contributed by atoms with Gasteiger partial charge < -0.3 is 9.88 Å². The Kier molecular flexibility index (Phi) is 4.57. The molecule has 0 aliphatic heterocycles. The lowest BCUT2D eigenvalue weighted by atomic mass is 10.1. The Bertz CT molecular complexity index is 422. The van der Waals surface area contributed by atoms with Crippen LogP contribution in [0.15, 0.2) is 17.2 Å². The number of hydrogen-bond donors (Lipinski definition) is 1. The van der Waals surface area contributed by atoms with Crippen LogP contribution in [0.5, 0.6) is 0 Å². The van der Waals surface area contributed by atoms with E-state index in [-0.39, 0.29) is 16.5 Å². The molecule has 4 nitrogen and oxygen atoms in total. The van der Waals surface area contributed by atoms with Gasteiger partial charge in [-0.3, -0.25) is 4.79 Å². The molecule has 1 rings (SSSR count). The number of nitrogens with one attached hydrogen (secondary N) is 1. The Hall–Kier alpha value is -1.03. The van der Waals surface area contributed by atoms with Crippen LogP contribution < -0.4 is 10.9 Å². The number of halogens is 1. The summed E-state index contributed by atoms with van der Waals surface area (Å²) in [6, 6.07) is 0. The molecular formula is C12H20ClN3O. The lowest BCUT2D eigenvalue weighted by Gasteiger charge is -2.22. The molecule has 1 N–H and O–H groups in total. The summed E-state index contributed by atoms with van der Waals surface area (Å²) in [6.07, 6.45) is 4.19. The predicted molar refractivity (Wildman–Crippen MR) is 71.9 cm³/mol. The fourth-order valence-corrected chi connectivity index (χ4v) is 1.49. The number of aromatic nitrogens is 2. The molecule has 0 aliphatic rings. The van der Waals surface area contributed by atoms with Gasteiger partial charge in [0.15, 0.2) is 5.82 Å². The van der Waals surface area contributed by atoms with Gasteiger partial charge in [0, 0.05) is 24.5 Å². The van der Waals surface area contributed by atoms with E-state index in [2.05, 4.69) is 10.3 Å².